The van der Waals surface area contributed by atoms with Crippen molar-refractivity contribution in [2.24, 2.45) is 0 Å². The molecule has 20 heavy (non-hydrogen) atoms. The van der Waals surface area contributed by atoms with Crippen LogP contribution >= 0.6 is 23.2 Å². The van der Waals surface area contributed by atoms with Crippen molar-refractivity contribution >= 4 is 45.8 Å². The zero-order valence-electron chi connectivity index (χ0n) is 10.1. The van der Waals surface area contributed by atoms with Crippen molar-refractivity contribution in [3.8, 4) is 0 Å². The normalized spacial score (nSPS) is 10.7. The summed E-state index contributed by atoms with van der Waals surface area (Å²) in [7, 11) is 0. The second kappa shape index (κ2) is 5.15. The number of hydrogen-bond donors (Lipinski definition) is 1. The van der Waals surface area contributed by atoms with Gasteiger partial charge in [0, 0.05) is 5.69 Å². The van der Waals surface area contributed by atoms with Crippen LogP contribution in [0.2, 0.25) is 10.0 Å². The molecule has 0 saturated heterocycles. The van der Waals surface area contributed by atoms with Gasteiger partial charge in [-0.05, 0) is 30.3 Å². The van der Waals surface area contributed by atoms with Gasteiger partial charge >= 0.3 is 11.6 Å². The lowest BCUT2D eigenvalue weighted by Crippen LogP contribution is -2.04. The third-order valence-corrected chi connectivity index (χ3v) is 3.45. The van der Waals surface area contributed by atoms with Gasteiger partial charge in [-0.1, -0.05) is 35.3 Å². The van der Waals surface area contributed by atoms with Crippen molar-refractivity contribution in [2.45, 2.75) is 0 Å². The Morgan fingerprint density at radius 3 is 2.65 bits per heavy atom. The van der Waals surface area contributed by atoms with Gasteiger partial charge in [0.2, 0.25) is 0 Å². The van der Waals surface area contributed by atoms with E-state index in [0.29, 0.717) is 26.6 Å². The summed E-state index contributed by atoms with van der Waals surface area (Å²) < 4.78 is 5.11. The van der Waals surface area contributed by atoms with E-state index in [1.165, 1.54) is 0 Å². The smallest absolute Gasteiger partial charge is 0.348 e. The molecule has 0 aliphatic carbocycles. The second-order valence-electron chi connectivity index (χ2n) is 4.08. The van der Waals surface area contributed by atoms with E-state index in [-0.39, 0.29) is 6.01 Å². The summed E-state index contributed by atoms with van der Waals surface area (Å²) in [6.07, 6.45) is 0. The van der Waals surface area contributed by atoms with Crippen LogP contribution in [0.15, 0.2) is 51.7 Å². The average Bonchev–Trinajstić information content (AvgIpc) is 2.43. The second-order valence-corrected chi connectivity index (χ2v) is 4.89. The first kappa shape index (κ1) is 13.0. The van der Waals surface area contributed by atoms with Crippen LogP contribution in [0.4, 0.5) is 11.7 Å². The first-order valence-electron chi connectivity index (χ1n) is 5.75. The predicted molar refractivity (Wildman–Crippen MR) is 80.0 cm³/mol. The highest BCUT2D eigenvalue weighted by atomic mass is 35.5. The van der Waals surface area contributed by atoms with E-state index in [0.717, 1.165) is 0 Å². The third-order valence-electron chi connectivity index (χ3n) is 2.71. The molecule has 0 radical (unpaired) electrons. The quantitative estimate of drug-likeness (QED) is 0.769. The Labute approximate surface area is 124 Å². The molecule has 0 unspecified atom stereocenters. The average molecular weight is 307 g/mol. The van der Waals surface area contributed by atoms with Crippen molar-refractivity contribution in [2.75, 3.05) is 5.32 Å². The molecule has 0 amide bonds. The summed E-state index contributed by atoms with van der Waals surface area (Å²) in [5.74, 6) is 0. The number of benzene rings is 2. The van der Waals surface area contributed by atoms with Crippen molar-refractivity contribution in [3.63, 3.8) is 0 Å². The molecule has 2 aromatic carbocycles. The molecule has 0 aliphatic rings. The molecule has 0 atom stereocenters. The van der Waals surface area contributed by atoms with E-state index < -0.39 is 5.63 Å². The van der Waals surface area contributed by atoms with Crippen molar-refractivity contribution in [1.82, 2.24) is 4.98 Å². The van der Waals surface area contributed by atoms with Crippen molar-refractivity contribution < 1.29 is 4.42 Å². The van der Waals surface area contributed by atoms with Crippen LogP contribution in [0.25, 0.3) is 10.9 Å². The van der Waals surface area contributed by atoms with Crippen LogP contribution in [0.1, 0.15) is 0 Å². The fourth-order valence-corrected chi connectivity index (χ4v) is 2.07. The van der Waals surface area contributed by atoms with E-state index in [1.807, 2.05) is 0 Å². The molecule has 3 rings (SSSR count). The first-order valence-corrected chi connectivity index (χ1v) is 6.51. The standard InChI is InChI=1S/C14H8Cl2N2O2/c15-10-6-5-8(7-11(10)16)17-14-18-12-4-2-1-3-9(12)13(19)20-14/h1-7H,(H,17,18). The highest BCUT2D eigenvalue weighted by Crippen LogP contribution is 2.26. The number of anilines is 2. The fourth-order valence-electron chi connectivity index (χ4n) is 1.77. The van der Waals surface area contributed by atoms with Crippen molar-refractivity contribution in [1.29, 1.82) is 0 Å². The Hall–Kier alpha value is -2.04. The van der Waals surface area contributed by atoms with E-state index in [9.17, 15) is 4.79 Å². The van der Waals surface area contributed by atoms with E-state index in [1.54, 1.807) is 42.5 Å². The van der Waals surface area contributed by atoms with Gasteiger partial charge < -0.3 is 9.73 Å². The molecular weight excluding hydrogens is 299 g/mol. The maximum absolute atomic E-state index is 11.8. The van der Waals surface area contributed by atoms with Crippen LogP contribution in [0.3, 0.4) is 0 Å². The molecule has 0 fully saturated rings. The van der Waals surface area contributed by atoms with Crippen LogP contribution < -0.4 is 10.9 Å². The zero-order chi connectivity index (χ0) is 14.1. The number of hydrogen-bond acceptors (Lipinski definition) is 4. The number of fused-ring (bicyclic) bond motifs is 1. The molecule has 0 bridgehead atoms. The minimum atomic E-state index is -0.446. The Morgan fingerprint density at radius 2 is 1.85 bits per heavy atom. The lowest BCUT2D eigenvalue weighted by atomic mass is 10.2. The van der Waals surface area contributed by atoms with Gasteiger partial charge in [0.15, 0.2) is 0 Å². The Kier molecular flexibility index (Phi) is 3.34. The molecule has 1 aromatic heterocycles. The molecule has 3 aromatic rings. The molecule has 1 N–H and O–H groups in total. The lowest BCUT2D eigenvalue weighted by molar-refractivity contribution is 0.522. The maximum Gasteiger partial charge on any atom is 0.348 e. The summed E-state index contributed by atoms with van der Waals surface area (Å²) in [6, 6.07) is 12.1. The van der Waals surface area contributed by atoms with Crippen LogP contribution in [-0.2, 0) is 0 Å². The highest BCUT2D eigenvalue weighted by Gasteiger charge is 2.07. The number of nitrogens with one attached hydrogen (secondary N) is 1. The van der Waals surface area contributed by atoms with Gasteiger partial charge in [0.1, 0.15) is 0 Å². The van der Waals surface area contributed by atoms with E-state index >= 15 is 0 Å². The molecule has 6 heteroatoms. The predicted octanol–water partition coefficient (Wildman–Crippen LogP) is 4.24. The van der Waals surface area contributed by atoms with Crippen LogP contribution in [0, 0.1) is 0 Å². The Balaban J connectivity index is 2.02. The van der Waals surface area contributed by atoms with E-state index in [2.05, 4.69) is 10.3 Å². The molecule has 0 aliphatic heterocycles. The van der Waals surface area contributed by atoms with Gasteiger partial charge in [-0.2, -0.15) is 4.98 Å². The van der Waals surface area contributed by atoms with Gasteiger partial charge in [-0.25, -0.2) is 4.79 Å². The fraction of sp³-hybridized carbons (Fsp3) is 0. The van der Waals surface area contributed by atoms with Gasteiger partial charge in [-0.3, -0.25) is 0 Å². The van der Waals surface area contributed by atoms with Crippen LogP contribution in [0.5, 0.6) is 0 Å². The number of nitrogens with zero attached hydrogens (tertiary/aromatic N) is 1. The number of aromatic nitrogens is 1. The largest absolute Gasteiger partial charge is 0.388 e. The van der Waals surface area contributed by atoms with E-state index in [4.69, 9.17) is 27.6 Å². The highest BCUT2D eigenvalue weighted by molar-refractivity contribution is 6.42. The third kappa shape index (κ3) is 2.48. The monoisotopic (exact) mass is 306 g/mol. The minimum absolute atomic E-state index is 0.104. The first-order chi connectivity index (χ1) is 9.63. The molecule has 100 valence electrons. The van der Waals surface area contributed by atoms with Gasteiger partial charge in [0.05, 0.1) is 20.9 Å². The van der Waals surface area contributed by atoms with Gasteiger partial charge in [0.25, 0.3) is 0 Å². The topological polar surface area (TPSA) is 55.1 Å². The Bertz CT molecular complexity index is 846. The van der Waals surface area contributed by atoms with Crippen molar-refractivity contribution in [3.05, 3.63) is 62.9 Å². The summed E-state index contributed by atoms with van der Waals surface area (Å²) in [4.78, 5) is 16.0. The summed E-state index contributed by atoms with van der Waals surface area (Å²) in [5.41, 5.74) is 0.745. The summed E-state index contributed by atoms with van der Waals surface area (Å²) in [5, 5.41) is 4.17. The maximum atomic E-state index is 11.8. The molecule has 0 spiro atoms. The Morgan fingerprint density at radius 1 is 1.05 bits per heavy atom. The van der Waals surface area contributed by atoms with Crippen LogP contribution in [-0.4, -0.2) is 4.98 Å². The molecule has 0 saturated carbocycles. The number of para-hydroxylation sites is 1. The molecular formula is C14H8Cl2N2O2. The lowest BCUT2D eigenvalue weighted by Gasteiger charge is -2.05. The SMILES string of the molecule is O=c1oc(Nc2ccc(Cl)c(Cl)c2)nc2ccccc12. The molecule has 4 nitrogen and oxygen atoms in total. The molecule has 1 heterocycles. The number of rotatable bonds is 2. The number of halogens is 2. The minimum Gasteiger partial charge on any atom is -0.388 e. The summed E-state index contributed by atoms with van der Waals surface area (Å²) in [6.45, 7) is 0. The summed E-state index contributed by atoms with van der Waals surface area (Å²) >= 11 is 11.8. The zero-order valence-corrected chi connectivity index (χ0v) is 11.6. The van der Waals surface area contributed by atoms with Gasteiger partial charge in [-0.15, -0.1) is 0 Å².